The van der Waals surface area contributed by atoms with E-state index in [1.54, 1.807) is 47.9 Å². The summed E-state index contributed by atoms with van der Waals surface area (Å²) < 4.78 is 28.2. The van der Waals surface area contributed by atoms with Crippen molar-refractivity contribution < 1.29 is 23.5 Å². The molecule has 0 radical (unpaired) electrons. The highest BCUT2D eigenvalue weighted by atomic mass is 32.1. The molecule has 2 aliphatic carbocycles. The van der Waals surface area contributed by atoms with E-state index >= 15 is 4.39 Å². The molecule has 3 aliphatic rings. The van der Waals surface area contributed by atoms with Crippen LogP contribution in [0.5, 0.6) is 11.5 Å². The van der Waals surface area contributed by atoms with Crippen LogP contribution in [0.1, 0.15) is 67.6 Å². The first-order valence-corrected chi connectivity index (χ1v) is 18.1. The summed E-state index contributed by atoms with van der Waals surface area (Å²) >= 11 is 1.58. The molecule has 5 atom stereocenters. The number of allylic oxidation sites excluding steroid dienone is 6. The van der Waals surface area contributed by atoms with Gasteiger partial charge in [0.25, 0.3) is 0 Å². The lowest BCUT2D eigenvalue weighted by molar-refractivity contribution is 0.1000. The van der Waals surface area contributed by atoms with Crippen LogP contribution in [0.2, 0.25) is 0 Å². The number of fused-ring (bicyclic) bond motifs is 2. The zero-order valence-electron chi connectivity index (χ0n) is 28.2. The number of benzene rings is 2. The molecule has 50 heavy (non-hydrogen) atoms. The Bertz CT molecular complexity index is 2020. The third-order valence-corrected chi connectivity index (χ3v) is 11.0. The quantitative estimate of drug-likeness (QED) is 0.159. The van der Waals surface area contributed by atoms with Crippen molar-refractivity contribution in [3.8, 4) is 11.5 Å². The van der Waals surface area contributed by atoms with Crippen LogP contribution in [0, 0.1) is 23.6 Å². The van der Waals surface area contributed by atoms with Crippen LogP contribution in [-0.4, -0.2) is 29.1 Å². The van der Waals surface area contributed by atoms with Crippen molar-refractivity contribution in [2.24, 2.45) is 23.5 Å². The van der Waals surface area contributed by atoms with Crippen LogP contribution in [0.25, 0.3) is 15.8 Å². The van der Waals surface area contributed by atoms with E-state index in [1.807, 2.05) is 0 Å². The molecule has 10 heteroatoms. The molecule has 0 bridgehead atoms. The van der Waals surface area contributed by atoms with Crippen molar-refractivity contribution >= 4 is 50.4 Å². The zero-order valence-corrected chi connectivity index (χ0v) is 29.0. The Labute approximate surface area is 295 Å². The summed E-state index contributed by atoms with van der Waals surface area (Å²) in [5, 5.41) is 5.21. The molecule has 1 saturated carbocycles. The molecule has 8 nitrogen and oxygen atoms in total. The summed E-state index contributed by atoms with van der Waals surface area (Å²) in [6.07, 6.45) is 18.8. The number of rotatable bonds is 8. The SMILES string of the molecule is CC1C=C(CC2CCCCC3OC3C2C)C=CC(c2cc3nccc(Oc4ccc(NC(=O)Nc5cccc(C(N)=O)c5)cc4F)c3s2)=CC1. The van der Waals surface area contributed by atoms with E-state index in [0.717, 1.165) is 33.5 Å². The van der Waals surface area contributed by atoms with Crippen LogP contribution >= 0.6 is 11.3 Å². The number of thiophene rings is 1. The summed E-state index contributed by atoms with van der Waals surface area (Å²) in [5.74, 6) is 0.903. The lowest BCUT2D eigenvalue weighted by atomic mass is 9.78. The third kappa shape index (κ3) is 7.82. The smallest absolute Gasteiger partial charge is 0.323 e. The van der Waals surface area contributed by atoms with Gasteiger partial charge in [0.15, 0.2) is 11.6 Å². The second kappa shape index (κ2) is 14.6. The van der Waals surface area contributed by atoms with Crippen LogP contribution in [0.3, 0.4) is 0 Å². The van der Waals surface area contributed by atoms with Crippen LogP contribution in [-0.2, 0) is 4.74 Å². The molecule has 1 aliphatic heterocycles. The van der Waals surface area contributed by atoms with Crippen molar-refractivity contribution in [2.75, 3.05) is 10.6 Å². The summed E-state index contributed by atoms with van der Waals surface area (Å²) in [5.41, 5.74) is 9.50. The number of nitrogens with one attached hydrogen (secondary N) is 2. The normalized spacial score (nSPS) is 23.3. The van der Waals surface area contributed by atoms with E-state index in [9.17, 15) is 9.59 Å². The maximum Gasteiger partial charge on any atom is 0.323 e. The van der Waals surface area contributed by atoms with Gasteiger partial charge in [-0.2, -0.15) is 0 Å². The molecule has 2 fully saturated rings. The van der Waals surface area contributed by atoms with E-state index in [1.165, 1.54) is 49.5 Å². The molecule has 7 rings (SSSR count). The number of urea groups is 1. The summed E-state index contributed by atoms with van der Waals surface area (Å²) in [6.45, 7) is 4.65. The van der Waals surface area contributed by atoms with Gasteiger partial charge in [-0.3, -0.25) is 9.78 Å². The van der Waals surface area contributed by atoms with Gasteiger partial charge in [0.1, 0.15) is 5.75 Å². The number of ether oxygens (including phenoxy) is 2. The second-order valence-electron chi connectivity index (χ2n) is 13.6. The van der Waals surface area contributed by atoms with Crippen molar-refractivity contribution in [3.05, 3.63) is 107 Å². The van der Waals surface area contributed by atoms with Crippen molar-refractivity contribution in [3.63, 3.8) is 0 Å². The third-order valence-electron chi connectivity index (χ3n) is 9.86. The molecular formula is C40H41FN4O4S. The Balaban J connectivity index is 1.04. The number of amides is 3. The molecular weight excluding hydrogens is 652 g/mol. The van der Waals surface area contributed by atoms with Gasteiger partial charge in [0, 0.05) is 40.1 Å². The van der Waals surface area contributed by atoms with Gasteiger partial charge in [-0.25, -0.2) is 9.18 Å². The molecule has 258 valence electrons. The Morgan fingerprint density at radius 2 is 1.84 bits per heavy atom. The van der Waals surface area contributed by atoms with Gasteiger partial charge in [-0.05, 0) is 85.4 Å². The van der Waals surface area contributed by atoms with Gasteiger partial charge in [0.2, 0.25) is 5.91 Å². The lowest BCUT2D eigenvalue weighted by Crippen LogP contribution is -2.21. The van der Waals surface area contributed by atoms with Crippen molar-refractivity contribution in [2.45, 2.75) is 64.6 Å². The molecule has 3 heterocycles. The van der Waals surface area contributed by atoms with Gasteiger partial charge in [-0.1, -0.05) is 62.6 Å². The maximum atomic E-state index is 15.3. The zero-order chi connectivity index (χ0) is 34.8. The number of primary amides is 1. The van der Waals surface area contributed by atoms with Gasteiger partial charge in [0.05, 0.1) is 22.4 Å². The Kier molecular flexibility index (Phi) is 9.83. The highest BCUT2D eigenvalue weighted by Crippen LogP contribution is 2.44. The first kappa shape index (κ1) is 33.7. The second-order valence-corrected chi connectivity index (χ2v) is 14.7. The van der Waals surface area contributed by atoms with E-state index in [2.05, 4.69) is 59.8 Å². The summed E-state index contributed by atoms with van der Waals surface area (Å²) in [4.78, 5) is 29.6. The Hall–Kier alpha value is -4.80. The monoisotopic (exact) mass is 692 g/mol. The molecule has 4 aromatic rings. The fourth-order valence-corrected chi connectivity index (χ4v) is 8.16. The van der Waals surface area contributed by atoms with E-state index in [-0.39, 0.29) is 17.0 Å². The number of carbonyl (C=O) groups excluding carboxylic acids is 2. The fraction of sp³-hybridized carbons (Fsp3) is 0.325. The number of nitrogens with zero attached hydrogens (tertiary/aromatic N) is 1. The van der Waals surface area contributed by atoms with E-state index in [0.29, 0.717) is 41.4 Å². The topological polar surface area (TPSA) is 119 Å². The first-order valence-electron chi connectivity index (χ1n) is 17.3. The van der Waals surface area contributed by atoms with Crippen LogP contribution < -0.4 is 21.1 Å². The number of halogens is 1. The number of aromatic nitrogens is 1. The number of carbonyl (C=O) groups is 2. The van der Waals surface area contributed by atoms with Crippen LogP contribution in [0.4, 0.5) is 20.6 Å². The number of hydrogen-bond acceptors (Lipinski definition) is 6. The molecule has 2 aromatic heterocycles. The maximum absolute atomic E-state index is 15.3. The molecule has 3 amide bonds. The lowest BCUT2D eigenvalue weighted by Gasteiger charge is -2.26. The largest absolute Gasteiger partial charge is 0.453 e. The van der Waals surface area contributed by atoms with Crippen molar-refractivity contribution in [1.29, 1.82) is 0 Å². The number of epoxide rings is 1. The number of nitrogens with two attached hydrogens (primary N) is 1. The molecule has 1 saturated heterocycles. The minimum Gasteiger partial charge on any atom is -0.453 e. The Morgan fingerprint density at radius 1 is 1.02 bits per heavy atom. The average Bonchev–Trinajstić information content (AvgIpc) is 3.71. The fourth-order valence-electron chi connectivity index (χ4n) is 7.07. The van der Waals surface area contributed by atoms with E-state index < -0.39 is 17.8 Å². The van der Waals surface area contributed by atoms with Gasteiger partial charge < -0.3 is 25.8 Å². The standard InChI is InChI=1S/C40H41FN4O4S/c1-23-10-12-26(13-11-25(18-23)19-27-6-3-4-9-34-37(49-34)24(27)2)36-22-32-38(50-36)35(16-17-43-32)48-33-15-14-30(21-31(33)41)45-40(47)44-29-8-5-7-28(20-29)39(42)46/h5,7-8,11-18,20-24,27,34,37H,3-4,6,9-10,19H2,1-2H3,(H2,42,46)(H2,44,45,47). The van der Waals surface area contributed by atoms with Crippen LogP contribution in [0.15, 0.2) is 90.7 Å². The highest BCUT2D eigenvalue weighted by Gasteiger charge is 2.45. The van der Waals surface area contributed by atoms with Gasteiger partial charge in [-0.15, -0.1) is 11.3 Å². The molecule has 2 aromatic carbocycles. The predicted molar refractivity (Wildman–Crippen MR) is 197 cm³/mol. The minimum atomic E-state index is -0.637. The summed E-state index contributed by atoms with van der Waals surface area (Å²) in [6, 6.07) is 13.7. The molecule has 5 unspecified atom stereocenters. The summed E-state index contributed by atoms with van der Waals surface area (Å²) in [7, 11) is 0. The number of pyridine rings is 1. The highest BCUT2D eigenvalue weighted by molar-refractivity contribution is 7.20. The molecule has 0 spiro atoms. The van der Waals surface area contributed by atoms with E-state index in [4.69, 9.17) is 15.2 Å². The first-order chi connectivity index (χ1) is 24.2. The average molecular weight is 693 g/mol. The van der Waals surface area contributed by atoms with Crippen molar-refractivity contribution in [1.82, 2.24) is 4.98 Å². The van der Waals surface area contributed by atoms with Gasteiger partial charge >= 0.3 is 6.03 Å². The predicted octanol–water partition coefficient (Wildman–Crippen LogP) is 9.86. The Morgan fingerprint density at radius 3 is 2.66 bits per heavy atom. The number of anilines is 2. The minimum absolute atomic E-state index is 0.0209. The number of hydrogen-bond donors (Lipinski definition) is 3. The molecule has 4 N–H and O–H groups in total.